The van der Waals surface area contributed by atoms with Gasteiger partial charge in [0.05, 0.1) is 6.04 Å². The molecule has 2 aromatic rings. The highest BCUT2D eigenvalue weighted by Gasteiger charge is 2.16. The Morgan fingerprint density at radius 2 is 1.43 bits per heavy atom. The van der Waals surface area contributed by atoms with Crippen LogP contribution in [0.1, 0.15) is 18.1 Å². The van der Waals surface area contributed by atoms with Gasteiger partial charge in [0.2, 0.25) is 5.91 Å². The number of rotatable bonds is 6. The van der Waals surface area contributed by atoms with E-state index in [9.17, 15) is 4.79 Å². The maximum atomic E-state index is 12.1. The first-order valence-electron chi connectivity index (χ1n) is 7.29. The molecule has 2 aromatic carbocycles. The van der Waals surface area contributed by atoms with Gasteiger partial charge in [-0.1, -0.05) is 60.7 Å². The molecule has 2 atom stereocenters. The van der Waals surface area contributed by atoms with Crippen LogP contribution in [0.25, 0.3) is 0 Å². The lowest BCUT2D eigenvalue weighted by atomic mass is 10.0. The molecule has 1 unspecified atom stereocenters. The van der Waals surface area contributed by atoms with Crippen molar-refractivity contribution in [3.63, 3.8) is 0 Å². The Kier molecular flexibility index (Phi) is 5.52. The van der Waals surface area contributed by atoms with Crippen LogP contribution >= 0.6 is 0 Å². The van der Waals surface area contributed by atoms with Crippen molar-refractivity contribution >= 4 is 5.91 Å². The number of hydrogen-bond donors (Lipinski definition) is 2. The lowest BCUT2D eigenvalue weighted by Gasteiger charge is -2.17. The Labute approximate surface area is 126 Å². The zero-order valence-corrected chi connectivity index (χ0v) is 12.3. The molecule has 110 valence electrons. The summed E-state index contributed by atoms with van der Waals surface area (Å²) in [5, 5.41) is 2.98. The van der Waals surface area contributed by atoms with Gasteiger partial charge < -0.3 is 11.1 Å². The topological polar surface area (TPSA) is 55.1 Å². The molecule has 0 bridgehead atoms. The van der Waals surface area contributed by atoms with Crippen molar-refractivity contribution in [3.05, 3.63) is 71.8 Å². The summed E-state index contributed by atoms with van der Waals surface area (Å²) in [6, 6.07) is 19.5. The summed E-state index contributed by atoms with van der Waals surface area (Å²) in [6.45, 7) is 2.00. The number of hydrogen-bond acceptors (Lipinski definition) is 2. The minimum absolute atomic E-state index is 0.0710. The van der Waals surface area contributed by atoms with Crippen LogP contribution in [0.3, 0.4) is 0 Å². The molecule has 3 heteroatoms. The van der Waals surface area contributed by atoms with E-state index in [-0.39, 0.29) is 11.9 Å². The maximum absolute atomic E-state index is 12.1. The third-order valence-electron chi connectivity index (χ3n) is 3.41. The van der Waals surface area contributed by atoms with Crippen molar-refractivity contribution < 1.29 is 4.79 Å². The van der Waals surface area contributed by atoms with Crippen LogP contribution in [0.15, 0.2) is 60.7 Å². The van der Waals surface area contributed by atoms with Gasteiger partial charge in [-0.2, -0.15) is 0 Å². The summed E-state index contributed by atoms with van der Waals surface area (Å²) in [7, 11) is 0. The van der Waals surface area contributed by atoms with E-state index in [4.69, 9.17) is 5.73 Å². The third-order valence-corrected chi connectivity index (χ3v) is 3.41. The second-order valence-electron chi connectivity index (χ2n) is 5.40. The Morgan fingerprint density at radius 1 is 0.952 bits per heavy atom. The van der Waals surface area contributed by atoms with Crippen molar-refractivity contribution in [3.8, 4) is 0 Å². The van der Waals surface area contributed by atoms with E-state index in [2.05, 4.69) is 17.4 Å². The number of carbonyl (C=O) groups is 1. The Balaban J connectivity index is 1.83. The fourth-order valence-electron chi connectivity index (χ4n) is 2.33. The van der Waals surface area contributed by atoms with Gasteiger partial charge >= 0.3 is 0 Å². The maximum Gasteiger partial charge on any atom is 0.237 e. The number of nitrogens with two attached hydrogens (primary N) is 1. The summed E-state index contributed by atoms with van der Waals surface area (Å²) in [6.07, 6.45) is 1.37. The predicted molar refractivity (Wildman–Crippen MR) is 85.9 cm³/mol. The molecule has 2 rings (SSSR count). The van der Waals surface area contributed by atoms with Crippen molar-refractivity contribution in [2.24, 2.45) is 5.73 Å². The van der Waals surface area contributed by atoms with Crippen molar-refractivity contribution in [1.82, 2.24) is 5.32 Å². The number of benzene rings is 2. The Morgan fingerprint density at radius 3 is 1.95 bits per heavy atom. The second kappa shape index (κ2) is 7.60. The van der Waals surface area contributed by atoms with E-state index in [0.717, 1.165) is 12.0 Å². The molecule has 0 heterocycles. The van der Waals surface area contributed by atoms with E-state index in [1.807, 2.05) is 55.5 Å². The van der Waals surface area contributed by atoms with Gasteiger partial charge in [-0.25, -0.2) is 0 Å². The lowest BCUT2D eigenvalue weighted by Crippen LogP contribution is -2.46. The molecule has 3 nitrogen and oxygen atoms in total. The average molecular weight is 282 g/mol. The molecule has 1 amide bonds. The van der Waals surface area contributed by atoms with Gasteiger partial charge in [-0.05, 0) is 30.9 Å². The quantitative estimate of drug-likeness (QED) is 0.854. The molecule has 0 aliphatic carbocycles. The summed E-state index contributed by atoms with van der Waals surface area (Å²) in [5.74, 6) is -0.0951. The number of amides is 1. The monoisotopic (exact) mass is 282 g/mol. The molecule has 0 spiro atoms. The van der Waals surface area contributed by atoms with E-state index >= 15 is 0 Å². The van der Waals surface area contributed by atoms with Gasteiger partial charge in [-0.15, -0.1) is 0 Å². The van der Waals surface area contributed by atoms with Crippen LogP contribution in [-0.2, 0) is 17.6 Å². The van der Waals surface area contributed by atoms with E-state index < -0.39 is 6.04 Å². The van der Waals surface area contributed by atoms with Crippen LogP contribution in [0.2, 0.25) is 0 Å². The summed E-state index contributed by atoms with van der Waals surface area (Å²) < 4.78 is 0. The van der Waals surface area contributed by atoms with Crippen LogP contribution < -0.4 is 11.1 Å². The van der Waals surface area contributed by atoms with Crippen LogP contribution in [0, 0.1) is 0 Å². The molecule has 0 aliphatic rings. The SMILES string of the molecule is CC(Cc1ccccc1)NC(=O)[C@H](N)Cc1ccccc1. The smallest absolute Gasteiger partial charge is 0.237 e. The molecule has 0 aromatic heterocycles. The highest BCUT2D eigenvalue weighted by atomic mass is 16.2. The van der Waals surface area contributed by atoms with E-state index in [1.165, 1.54) is 5.56 Å². The lowest BCUT2D eigenvalue weighted by molar-refractivity contribution is -0.122. The first-order valence-corrected chi connectivity index (χ1v) is 7.29. The second-order valence-corrected chi connectivity index (χ2v) is 5.40. The zero-order valence-electron chi connectivity index (χ0n) is 12.3. The highest BCUT2D eigenvalue weighted by Crippen LogP contribution is 2.05. The van der Waals surface area contributed by atoms with Gasteiger partial charge in [0.25, 0.3) is 0 Å². The summed E-state index contributed by atoms with van der Waals surface area (Å²) in [4.78, 5) is 12.1. The highest BCUT2D eigenvalue weighted by molar-refractivity contribution is 5.82. The Hall–Kier alpha value is -2.13. The van der Waals surface area contributed by atoms with Crippen molar-refractivity contribution in [1.29, 1.82) is 0 Å². The normalized spacial score (nSPS) is 13.4. The number of nitrogens with one attached hydrogen (secondary N) is 1. The summed E-state index contributed by atoms with van der Waals surface area (Å²) in [5.41, 5.74) is 8.27. The van der Waals surface area contributed by atoms with Crippen LogP contribution in [-0.4, -0.2) is 18.0 Å². The molecular formula is C18H22N2O. The van der Waals surface area contributed by atoms with E-state index in [0.29, 0.717) is 6.42 Å². The molecule has 3 N–H and O–H groups in total. The summed E-state index contributed by atoms with van der Waals surface area (Å²) >= 11 is 0. The molecule has 21 heavy (non-hydrogen) atoms. The minimum Gasteiger partial charge on any atom is -0.352 e. The number of carbonyl (C=O) groups excluding carboxylic acids is 1. The standard InChI is InChI=1S/C18H22N2O/c1-14(12-15-8-4-2-5-9-15)20-18(21)17(19)13-16-10-6-3-7-11-16/h2-11,14,17H,12-13,19H2,1H3,(H,20,21)/t14?,17-/m1/s1. The minimum atomic E-state index is -0.509. The largest absolute Gasteiger partial charge is 0.352 e. The Bertz CT molecular complexity index is 554. The van der Waals surface area contributed by atoms with Crippen molar-refractivity contribution in [2.75, 3.05) is 0 Å². The zero-order chi connectivity index (χ0) is 15.1. The van der Waals surface area contributed by atoms with Gasteiger partial charge in [0.15, 0.2) is 0 Å². The molecule has 0 fully saturated rings. The van der Waals surface area contributed by atoms with Gasteiger partial charge in [0.1, 0.15) is 0 Å². The molecular weight excluding hydrogens is 260 g/mol. The average Bonchev–Trinajstić information content (AvgIpc) is 2.49. The molecule has 0 aliphatic heterocycles. The van der Waals surface area contributed by atoms with Crippen LogP contribution in [0.5, 0.6) is 0 Å². The third kappa shape index (κ3) is 5.04. The van der Waals surface area contributed by atoms with Gasteiger partial charge in [-0.3, -0.25) is 4.79 Å². The fourth-order valence-corrected chi connectivity index (χ4v) is 2.33. The molecule has 0 saturated carbocycles. The van der Waals surface area contributed by atoms with E-state index in [1.54, 1.807) is 0 Å². The van der Waals surface area contributed by atoms with Gasteiger partial charge in [0, 0.05) is 6.04 Å². The molecule has 0 radical (unpaired) electrons. The van der Waals surface area contributed by atoms with Crippen molar-refractivity contribution in [2.45, 2.75) is 31.8 Å². The van der Waals surface area contributed by atoms with Crippen LogP contribution in [0.4, 0.5) is 0 Å². The fraction of sp³-hybridized carbons (Fsp3) is 0.278. The molecule has 0 saturated heterocycles. The first kappa shape index (κ1) is 15.3. The first-order chi connectivity index (χ1) is 10.1. The predicted octanol–water partition coefficient (Wildman–Crippen LogP) is 2.30.